The minimum atomic E-state index is -4.61. The number of carbonyl (C=O) groups is 1. The lowest BCUT2D eigenvalue weighted by Crippen LogP contribution is -2.47. The standard InChI is InChI=1S/C33H37F3N6O5S/c1-21-12-13-23-24(9-5-11-27(23)41-48(44,45)19-15-33(34,35)36)28(21)46-29-25(10-6-16-37-29)26-14-17-38-30(40-26)39-22-8-7-18-42(20-22)31(43)47-32(2,3)4/h5-6,9-14,16-17,22,41H,7-8,15,18-20H2,1-4H3,(H,38,39,40)/t22-/m0/s1. The number of nitrogens with one attached hydrogen (secondary N) is 2. The van der Waals surface area contributed by atoms with Crippen molar-refractivity contribution in [3.8, 4) is 22.9 Å². The van der Waals surface area contributed by atoms with Crippen molar-refractivity contribution in [2.45, 2.75) is 64.8 Å². The van der Waals surface area contributed by atoms with Crippen LogP contribution in [0.5, 0.6) is 11.6 Å². The number of pyridine rings is 1. The first kappa shape index (κ1) is 34.7. The van der Waals surface area contributed by atoms with Crippen molar-refractivity contribution in [2.24, 2.45) is 0 Å². The maximum absolute atomic E-state index is 12.7. The summed E-state index contributed by atoms with van der Waals surface area (Å²) in [4.78, 5) is 27.9. The molecule has 0 aliphatic carbocycles. The molecule has 48 heavy (non-hydrogen) atoms. The van der Waals surface area contributed by atoms with Gasteiger partial charge in [0.05, 0.1) is 29.1 Å². The van der Waals surface area contributed by atoms with Gasteiger partial charge in [0.15, 0.2) is 0 Å². The molecule has 1 aliphatic heterocycles. The van der Waals surface area contributed by atoms with E-state index < -0.39 is 34.0 Å². The molecule has 4 aromatic rings. The Bertz CT molecular complexity index is 1900. The summed E-state index contributed by atoms with van der Waals surface area (Å²) in [7, 11) is -4.28. The predicted octanol–water partition coefficient (Wildman–Crippen LogP) is 7.30. The number of rotatable bonds is 9. The van der Waals surface area contributed by atoms with Gasteiger partial charge in [-0.1, -0.05) is 24.3 Å². The van der Waals surface area contributed by atoms with Crippen LogP contribution in [0, 0.1) is 6.92 Å². The summed E-state index contributed by atoms with van der Waals surface area (Å²) in [5.74, 6) is -0.122. The Morgan fingerprint density at radius 3 is 2.56 bits per heavy atom. The van der Waals surface area contributed by atoms with E-state index in [1.165, 1.54) is 6.07 Å². The summed E-state index contributed by atoms with van der Waals surface area (Å²) in [5.41, 5.74) is 1.32. The molecule has 3 heterocycles. The number of benzene rings is 2. The van der Waals surface area contributed by atoms with Crippen molar-refractivity contribution in [1.29, 1.82) is 0 Å². The largest absolute Gasteiger partial charge is 0.444 e. The number of aryl methyl sites for hydroxylation is 1. The molecular formula is C33H37F3N6O5S. The minimum Gasteiger partial charge on any atom is -0.444 e. The number of hydrogen-bond acceptors (Lipinski definition) is 9. The second-order valence-electron chi connectivity index (χ2n) is 12.5. The quantitative estimate of drug-likeness (QED) is 0.186. The zero-order chi connectivity index (χ0) is 34.7. The smallest absolute Gasteiger partial charge is 0.410 e. The second-order valence-corrected chi connectivity index (χ2v) is 14.4. The molecule has 0 saturated carbocycles. The Kier molecular flexibility index (Phi) is 9.99. The van der Waals surface area contributed by atoms with Crippen LogP contribution in [0.4, 0.5) is 29.6 Å². The fraction of sp³-hybridized carbons (Fsp3) is 0.394. The van der Waals surface area contributed by atoms with Gasteiger partial charge in [0.25, 0.3) is 0 Å². The molecule has 1 amide bonds. The van der Waals surface area contributed by atoms with E-state index in [-0.39, 0.29) is 23.7 Å². The molecule has 11 nitrogen and oxygen atoms in total. The predicted molar refractivity (Wildman–Crippen MR) is 177 cm³/mol. The molecule has 0 unspecified atom stereocenters. The third-order valence-corrected chi connectivity index (χ3v) is 8.71. The number of carbonyl (C=O) groups excluding carboxylic acids is 1. The highest BCUT2D eigenvalue weighted by atomic mass is 32.2. The van der Waals surface area contributed by atoms with E-state index in [1.807, 2.05) is 27.7 Å². The fourth-order valence-corrected chi connectivity index (χ4v) is 6.36. The lowest BCUT2D eigenvalue weighted by molar-refractivity contribution is -0.129. The topological polar surface area (TPSA) is 136 Å². The summed E-state index contributed by atoms with van der Waals surface area (Å²) in [6.45, 7) is 8.34. The van der Waals surface area contributed by atoms with E-state index in [9.17, 15) is 26.4 Å². The Balaban J connectivity index is 1.38. The number of amides is 1. The Hall–Kier alpha value is -4.66. The molecule has 2 aromatic heterocycles. The van der Waals surface area contributed by atoms with Gasteiger partial charge in [0, 0.05) is 42.3 Å². The monoisotopic (exact) mass is 686 g/mol. The van der Waals surface area contributed by atoms with Gasteiger partial charge in [-0.25, -0.2) is 28.2 Å². The molecule has 256 valence electrons. The Labute approximate surface area is 276 Å². The van der Waals surface area contributed by atoms with Gasteiger partial charge in [-0.2, -0.15) is 13.2 Å². The molecule has 0 bridgehead atoms. The van der Waals surface area contributed by atoms with Gasteiger partial charge < -0.3 is 19.7 Å². The lowest BCUT2D eigenvalue weighted by atomic mass is 10.0. The van der Waals surface area contributed by atoms with Crippen LogP contribution in [0.15, 0.2) is 60.9 Å². The van der Waals surface area contributed by atoms with Crippen LogP contribution >= 0.6 is 0 Å². The summed E-state index contributed by atoms with van der Waals surface area (Å²) in [6, 6.07) is 13.4. The molecule has 0 spiro atoms. The van der Waals surface area contributed by atoms with Gasteiger partial charge in [0.1, 0.15) is 11.4 Å². The third-order valence-electron chi connectivity index (χ3n) is 7.44. The Morgan fingerprint density at radius 2 is 1.81 bits per heavy atom. The van der Waals surface area contributed by atoms with Gasteiger partial charge in [-0.3, -0.25) is 4.72 Å². The number of aromatic nitrogens is 3. The fourth-order valence-electron chi connectivity index (χ4n) is 5.24. The molecule has 0 radical (unpaired) electrons. The van der Waals surface area contributed by atoms with Crippen LogP contribution in [-0.2, 0) is 14.8 Å². The summed E-state index contributed by atoms with van der Waals surface area (Å²) < 4.78 is 77.3. The second kappa shape index (κ2) is 13.8. The summed E-state index contributed by atoms with van der Waals surface area (Å²) in [6.07, 6.45) is -1.66. The van der Waals surface area contributed by atoms with E-state index in [0.29, 0.717) is 52.4 Å². The van der Waals surface area contributed by atoms with Crippen molar-refractivity contribution < 1.29 is 35.9 Å². The van der Waals surface area contributed by atoms with Gasteiger partial charge in [-0.05, 0) is 70.4 Å². The van der Waals surface area contributed by atoms with Crippen LogP contribution in [0.25, 0.3) is 22.0 Å². The number of hydrogen-bond donors (Lipinski definition) is 2. The molecule has 1 aliphatic rings. The number of anilines is 2. The van der Waals surface area contributed by atoms with Crippen molar-refractivity contribution in [1.82, 2.24) is 19.9 Å². The normalized spacial score (nSPS) is 15.6. The number of halogens is 3. The lowest BCUT2D eigenvalue weighted by Gasteiger charge is -2.34. The summed E-state index contributed by atoms with van der Waals surface area (Å²) >= 11 is 0. The van der Waals surface area contributed by atoms with E-state index in [2.05, 4.69) is 20.0 Å². The van der Waals surface area contributed by atoms with Crippen LogP contribution in [-0.4, -0.2) is 71.0 Å². The van der Waals surface area contributed by atoms with Crippen molar-refractivity contribution in [2.75, 3.05) is 28.9 Å². The molecule has 1 atom stereocenters. The SMILES string of the molecule is Cc1ccc2c(NS(=O)(=O)CCC(F)(F)F)cccc2c1Oc1ncccc1-c1ccnc(N[C@H]2CCCN(C(=O)OC(C)(C)C)C2)n1. The van der Waals surface area contributed by atoms with Crippen LogP contribution in [0.2, 0.25) is 0 Å². The maximum Gasteiger partial charge on any atom is 0.410 e. The third kappa shape index (κ3) is 9.02. The van der Waals surface area contributed by atoms with Crippen LogP contribution in [0.3, 0.4) is 0 Å². The zero-order valence-electron chi connectivity index (χ0n) is 27.0. The average molecular weight is 687 g/mol. The van der Waals surface area contributed by atoms with Crippen molar-refractivity contribution in [3.63, 3.8) is 0 Å². The molecule has 1 saturated heterocycles. The first-order valence-corrected chi connectivity index (χ1v) is 17.0. The van der Waals surface area contributed by atoms with E-state index in [0.717, 1.165) is 12.8 Å². The van der Waals surface area contributed by atoms with E-state index >= 15 is 0 Å². The van der Waals surface area contributed by atoms with Gasteiger partial charge in [0.2, 0.25) is 21.9 Å². The zero-order valence-corrected chi connectivity index (χ0v) is 27.8. The number of likely N-dealkylation sites (tertiary alicyclic amines) is 1. The molecular weight excluding hydrogens is 649 g/mol. The van der Waals surface area contributed by atoms with Crippen LogP contribution in [0.1, 0.15) is 45.6 Å². The van der Waals surface area contributed by atoms with Gasteiger partial charge in [-0.15, -0.1) is 0 Å². The highest BCUT2D eigenvalue weighted by Crippen LogP contribution is 2.39. The van der Waals surface area contributed by atoms with E-state index in [4.69, 9.17) is 14.5 Å². The molecule has 15 heteroatoms. The molecule has 5 rings (SSSR count). The minimum absolute atomic E-state index is 0.0930. The van der Waals surface area contributed by atoms with Crippen molar-refractivity contribution >= 4 is 38.5 Å². The number of alkyl halides is 3. The average Bonchev–Trinajstić information content (AvgIpc) is 3.01. The maximum atomic E-state index is 12.7. The first-order valence-electron chi connectivity index (χ1n) is 15.4. The number of sulfonamides is 1. The highest BCUT2D eigenvalue weighted by Gasteiger charge is 2.30. The highest BCUT2D eigenvalue weighted by molar-refractivity contribution is 7.92. The number of piperidine rings is 1. The Morgan fingerprint density at radius 1 is 1.02 bits per heavy atom. The molecule has 1 fully saturated rings. The molecule has 2 aromatic carbocycles. The summed E-state index contributed by atoms with van der Waals surface area (Å²) in [5, 5.41) is 4.30. The number of nitrogens with zero attached hydrogens (tertiary/aromatic N) is 4. The first-order chi connectivity index (χ1) is 22.6. The van der Waals surface area contributed by atoms with Crippen molar-refractivity contribution in [3.05, 3.63) is 66.5 Å². The van der Waals surface area contributed by atoms with Crippen LogP contribution < -0.4 is 14.8 Å². The number of ether oxygens (including phenoxy) is 2. The van der Waals surface area contributed by atoms with E-state index in [1.54, 1.807) is 59.8 Å². The van der Waals surface area contributed by atoms with Gasteiger partial charge >= 0.3 is 12.3 Å². The molecule has 2 N–H and O–H groups in total. The number of fused-ring (bicyclic) bond motifs is 1.